The minimum absolute atomic E-state index is 0.203. The molecule has 0 bridgehead atoms. The number of carbonyl (C=O) groups is 1. The lowest BCUT2D eigenvalue weighted by Gasteiger charge is -2.07. The molecule has 0 saturated heterocycles. The number of hydrogen-bond acceptors (Lipinski definition) is 5. The smallest absolute Gasteiger partial charge is 0.270 e. The molecule has 7 nitrogen and oxygen atoms in total. The van der Waals surface area contributed by atoms with E-state index in [1.54, 1.807) is 6.07 Å². The van der Waals surface area contributed by atoms with Crippen molar-refractivity contribution in [2.45, 2.75) is 6.42 Å². The summed E-state index contributed by atoms with van der Waals surface area (Å²) >= 11 is 0. The van der Waals surface area contributed by atoms with Crippen LogP contribution in [-0.2, 0) is 6.42 Å². The van der Waals surface area contributed by atoms with E-state index in [-0.39, 0.29) is 25.9 Å². The van der Waals surface area contributed by atoms with Crippen LogP contribution in [-0.4, -0.2) is 36.0 Å². The van der Waals surface area contributed by atoms with Gasteiger partial charge in [-0.1, -0.05) is 36.1 Å². The van der Waals surface area contributed by atoms with Crippen molar-refractivity contribution in [1.29, 1.82) is 0 Å². The second-order valence-electron chi connectivity index (χ2n) is 6.66. The van der Waals surface area contributed by atoms with Crippen molar-refractivity contribution in [3.8, 4) is 40.3 Å². The molecular formula is C24H21N3O4. The predicted octanol–water partition coefficient (Wildman–Crippen LogP) is 3.35. The number of ether oxygens (including phenoxy) is 3. The summed E-state index contributed by atoms with van der Waals surface area (Å²) in [4.78, 5) is 12.3. The number of nitrogens with zero attached hydrogens (tertiary/aromatic N) is 1. The van der Waals surface area contributed by atoms with Crippen LogP contribution in [0.5, 0.6) is 17.2 Å². The SMILES string of the molecule is C=CCc1ccccc1OCC#CCNC(=O)c1cc(-c2ccc3c(c2)OCO3)n[nH]1. The molecule has 1 aliphatic heterocycles. The van der Waals surface area contributed by atoms with Gasteiger partial charge < -0.3 is 19.5 Å². The van der Waals surface area contributed by atoms with Gasteiger partial charge in [-0.25, -0.2) is 0 Å². The quantitative estimate of drug-likeness (QED) is 0.457. The van der Waals surface area contributed by atoms with Gasteiger partial charge in [0.1, 0.15) is 18.1 Å². The molecule has 0 unspecified atom stereocenters. The number of para-hydroxylation sites is 1. The van der Waals surface area contributed by atoms with E-state index in [1.165, 1.54) is 0 Å². The summed E-state index contributed by atoms with van der Waals surface area (Å²) in [6.45, 7) is 4.40. The van der Waals surface area contributed by atoms with E-state index in [4.69, 9.17) is 14.2 Å². The van der Waals surface area contributed by atoms with E-state index in [9.17, 15) is 4.79 Å². The molecule has 1 amide bonds. The Morgan fingerprint density at radius 2 is 2.06 bits per heavy atom. The van der Waals surface area contributed by atoms with Crippen molar-refractivity contribution < 1.29 is 19.0 Å². The van der Waals surface area contributed by atoms with Gasteiger partial charge in [0.2, 0.25) is 6.79 Å². The number of allylic oxidation sites excluding steroid dienone is 1. The Morgan fingerprint density at radius 1 is 1.19 bits per heavy atom. The highest BCUT2D eigenvalue weighted by Crippen LogP contribution is 2.35. The minimum atomic E-state index is -0.286. The van der Waals surface area contributed by atoms with Crippen LogP contribution in [0.3, 0.4) is 0 Å². The van der Waals surface area contributed by atoms with Crippen LogP contribution >= 0.6 is 0 Å². The standard InChI is InChI=1S/C24H21N3O4/c1-2-7-17-8-3-4-9-21(17)29-13-6-5-12-25-24(28)20-15-19(26-27-20)18-10-11-22-23(14-18)31-16-30-22/h2-4,8-11,14-15H,1,7,12-13,16H2,(H,25,28)(H,26,27). The zero-order valence-electron chi connectivity index (χ0n) is 16.8. The van der Waals surface area contributed by atoms with Gasteiger partial charge in [0.25, 0.3) is 5.91 Å². The summed E-state index contributed by atoms with van der Waals surface area (Å²) in [7, 11) is 0. The Morgan fingerprint density at radius 3 is 2.97 bits per heavy atom. The first-order chi connectivity index (χ1) is 15.2. The van der Waals surface area contributed by atoms with Gasteiger partial charge in [0.15, 0.2) is 11.5 Å². The van der Waals surface area contributed by atoms with Gasteiger partial charge in [-0.05, 0) is 42.3 Å². The number of benzene rings is 2. The second-order valence-corrected chi connectivity index (χ2v) is 6.66. The van der Waals surface area contributed by atoms with Crippen molar-refractivity contribution in [2.75, 3.05) is 19.9 Å². The molecule has 1 aliphatic rings. The maximum atomic E-state index is 12.3. The normalized spacial score (nSPS) is 11.4. The summed E-state index contributed by atoms with van der Waals surface area (Å²) in [5.74, 6) is 7.64. The number of nitrogens with one attached hydrogen (secondary N) is 2. The van der Waals surface area contributed by atoms with Gasteiger partial charge in [0.05, 0.1) is 12.2 Å². The molecule has 2 heterocycles. The molecule has 0 atom stereocenters. The fourth-order valence-electron chi connectivity index (χ4n) is 3.06. The van der Waals surface area contributed by atoms with E-state index in [0.29, 0.717) is 22.9 Å². The number of carbonyl (C=O) groups excluding carboxylic acids is 1. The molecule has 3 aromatic rings. The second kappa shape index (κ2) is 9.55. The van der Waals surface area contributed by atoms with Gasteiger partial charge >= 0.3 is 0 Å². The third-order valence-corrected chi connectivity index (χ3v) is 4.59. The number of aromatic nitrogens is 2. The molecule has 7 heteroatoms. The van der Waals surface area contributed by atoms with E-state index < -0.39 is 0 Å². The summed E-state index contributed by atoms with van der Waals surface area (Å²) in [6.07, 6.45) is 2.56. The maximum Gasteiger partial charge on any atom is 0.270 e. The molecule has 31 heavy (non-hydrogen) atoms. The van der Waals surface area contributed by atoms with Gasteiger partial charge in [-0.15, -0.1) is 6.58 Å². The Labute approximate surface area is 180 Å². The fraction of sp³-hybridized carbons (Fsp3) is 0.167. The molecule has 0 spiro atoms. The molecule has 4 rings (SSSR count). The average Bonchev–Trinajstić information content (AvgIpc) is 3.46. The van der Waals surface area contributed by atoms with E-state index >= 15 is 0 Å². The Balaban J connectivity index is 1.27. The van der Waals surface area contributed by atoms with E-state index in [2.05, 4.69) is 33.9 Å². The van der Waals surface area contributed by atoms with Crippen LogP contribution in [0.4, 0.5) is 0 Å². The highest BCUT2D eigenvalue weighted by molar-refractivity contribution is 5.93. The first-order valence-corrected chi connectivity index (χ1v) is 9.75. The largest absolute Gasteiger partial charge is 0.481 e. The predicted molar refractivity (Wildman–Crippen MR) is 116 cm³/mol. The van der Waals surface area contributed by atoms with Gasteiger partial charge in [0, 0.05) is 5.56 Å². The number of fused-ring (bicyclic) bond motifs is 1. The van der Waals surface area contributed by atoms with Crippen molar-refractivity contribution in [3.05, 3.63) is 72.4 Å². The maximum absolute atomic E-state index is 12.3. The van der Waals surface area contributed by atoms with Gasteiger partial charge in [-0.2, -0.15) is 5.10 Å². The summed E-state index contributed by atoms with van der Waals surface area (Å²) in [5, 5.41) is 9.69. The van der Waals surface area contributed by atoms with E-state index in [0.717, 1.165) is 23.3 Å². The van der Waals surface area contributed by atoms with Crippen LogP contribution in [0.25, 0.3) is 11.3 Å². The minimum Gasteiger partial charge on any atom is -0.481 e. The molecule has 1 aromatic heterocycles. The van der Waals surface area contributed by atoms with Crippen molar-refractivity contribution in [3.63, 3.8) is 0 Å². The lowest BCUT2D eigenvalue weighted by Crippen LogP contribution is -2.24. The highest BCUT2D eigenvalue weighted by Gasteiger charge is 2.16. The topological polar surface area (TPSA) is 85.5 Å². The van der Waals surface area contributed by atoms with Crippen LogP contribution in [0, 0.1) is 11.8 Å². The van der Waals surface area contributed by atoms with Crippen LogP contribution in [0.2, 0.25) is 0 Å². The third kappa shape index (κ3) is 4.87. The van der Waals surface area contributed by atoms with E-state index in [1.807, 2.05) is 48.5 Å². The molecule has 0 radical (unpaired) electrons. The Bertz CT molecular complexity index is 1160. The average molecular weight is 415 g/mol. The first-order valence-electron chi connectivity index (χ1n) is 9.75. The summed E-state index contributed by atoms with van der Waals surface area (Å²) in [5.41, 5.74) is 2.88. The number of aromatic amines is 1. The third-order valence-electron chi connectivity index (χ3n) is 4.59. The Kier molecular flexibility index (Phi) is 6.19. The van der Waals surface area contributed by atoms with Gasteiger partial charge in [-0.3, -0.25) is 9.89 Å². The van der Waals surface area contributed by atoms with Crippen molar-refractivity contribution in [2.24, 2.45) is 0 Å². The lowest BCUT2D eigenvalue weighted by molar-refractivity contribution is 0.0953. The number of hydrogen-bond donors (Lipinski definition) is 2. The van der Waals surface area contributed by atoms with Crippen molar-refractivity contribution in [1.82, 2.24) is 15.5 Å². The molecule has 0 aliphatic carbocycles. The summed E-state index contributed by atoms with van der Waals surface area (Å²) < 4.78 is 16.4. The van der Waals surface area contributed by atoms with Crippen LogP contribution < -0.4 is 19.5 Å². The number of H-pyrrole nitrogens is 1. The molecule has 2 N–H and O–H groups in total. The lowest BCUT2D eigenvalue weighted by atomic mass is 10.1. The molecule has 156 valence electrons. The summed E-state index contributed by atoms with van der Waals surface area (Å²) in [6, 6.07) is 15.0. The monoisotopic (exact) mass is 415 g/mol. The molecule has 2 aromatic carbocycles. The zero-order chi connectivity index (χ0) is 21.5. The molecule has 0 fully saturated rings. The van der Waals surface area contributed by atoms with Crippen LogP contribution in [0.15, 0.2) is 61.2 Å². The fourth-order valence-corrected chi connectivity index (χ4v) is 3.06. The number of amides is 1. The first kappa shape index (κ1) is 20.1. The highest BCUT2D eigenvalue weighted by atomic mass is 16.7. The number of rotatable bonds is 7. The zero-order valence-corrected chi connectivity index (χ0v) is 16.8. The van der Waals surface area contributed by atoms with Crippen molar-refractivity contribution >= 4 is 5.91 Å². The molecular weight excluding hydrogens is 394 g/mol. The van der Waals surface area contributed by atoms with Crippen LogP contribution in [0.1, 0.15) is 16.1 Å². The Hall–Kier alpha value is -4.18. The molecule has 0 saturated carbocycles.